The normalized spacial score (nSPS) is 14.6. The van der Waals surface area contributed by atoms with E-state index in [2.05, 4.69) is 20.9 Å². The SMILES string of the molecule is CC(C)Nc1nc(N)c(C(=O)NCCCNC2CC2)s1. The van der Waals surface area contributed by atoms with Gasteiger partial charge in [-0.25, -0.2) is 4.98 Å². The lowest BCUT2D eigenvalue weighted by molar-refractivity contribution is 0.0958. The number of carbonyl (C=O) groups excluding carboxylic acids is 1. The standard InChI is InChI=1S/C13H23N5OS/c1-8(2)17-13-18-11(14)10(20-13)12(19)16-7-3-6-15-9-4-5-9/h8-9,15H,3-7,14H2,1-2H3,(H,16,19)(H,17,18). The summed E-state index contributed by atoms with van der Waals surface area (Å²) in [7, 11) is 0. The van der Waals surface area contributed by atoms with Crippen LogP contribution in [-0.2, 0) is 0 Å². The first-order valence-electron chi connectivity index (χ1n) is 7.10. The van der Waals surface area contributed by atoms with Gasteiger partial charge in [-0.05, 0) is 39.7 Å². The maximum Gasteiger partial charge on any atom is 0.265 e. The molecule has 0 aromatic carbocycles. The molecule has 0 atom stereocenters. The second-order valence-electron chi connectivity index (χ2n) is 5.37. The fraction of sp³-hybridized carbons (Fsp3) is 0.692. The molecule has 5 N–H and O–H groups in total. The third-order valence-corrected chi connectivity index (χ3v) is 3.92. The second-order valence-corrected chi connectivity index (χ2v) is 6.37. The zero-order chi connectivity index (χ0) is 14.5. The molecule has 1 aromatic heterocycles. The summed E-state index contributed by atoms with van der Waals surface area (Å²) in [4.78, 5) is 16.7. The van der Waals surface area contributed by atoms with Gasteiger partial charge in [-0.15, -0.1) is 0 Å². The lowest BCUT2D eigenvalue weighted by atomic mass is 10.4. The molecule has 0 saturated heterocycles. The van der Waals surface area contributed by atoms with E-state index < -0.39 is 0 Å². The minimum absolute atomic E-state index is 0.136. The molecule has 6 nitrogen and oxygen atoms in total. The van der Waals surface area contributed by atoms with Gasteiger partial charge in [0.2, 0.25) is 0 Å². The van der Waals surface area contributed by atoms with Crippen LogP contribution in [0.15, 0.2) is 0 Å². The first-order valence-corrected chi connectivity index (χ1v) is 7.92. The van der Waals surface area contributed by atoms with E-state index in [1.165, 1.54) is 24.2 Å². The van der Waals surface area contributed by atoms with Crippen LogP contribution < -0.4 is 21.7 Å². The summed E-state index contributed by atoms with van der Waals surface area (Å²) in [5, 5.41) is 10.1. The van der Waals surface area contributed by atoms with E-state index in [1.807, 2.05) is 13.8 Å². The van der Waals surface area contributed by atoms with Crippen LogP contribution >= 0.6 is 11.3 Å². The van der Waals surface area contributed by atoms with Crippen molar-refractivity contribution in [3.63, 3.8) is 0 Å². The molecule has 20 heavy (non-hydrogen) atoms. The molecule has 1 heterocycles. The van der Waals surface area contributed by atoms with E-state index in [0.717, 1.165) is 13.0 Å². The number of anilines is 2. The Kier molecular flexibility index (Phi) is 5.19. The van der Waals surface area contributed by atoms with E-state index in [0.29, 0.717) is 28.4 Å². The number of hydrogen-bond donors (Lipinski definition) is 4. The fourth-order valence-electron chi connectivity index (χ4n) is 1.77. The van der Waals surface area contributed by atoms with E-state index in [1.54, 1.807) is 0 Å². The van der Waals surface area contributed by atoms with Crippen molar-refractivity contribution in [2.45, 2.75) is 45.2 Å². The monoisotopic (exact) mass is 297 g/mol. The van der Waals surface area contributed by atoms with Crippen LogP contribution in [0.5, 0.6) is 0 Å². The molecule has 0 bridgehead atoms. The highest BCUT2D eigenvalue weighted by molar-refractivity contribution is 7.18. The Morgan fingerprint density at radius 3 is 2.85 bits per heavy atom. The Balaban J connectivity index is 1.74. The molecule has 0 radical (unpaired) electrons. The lowest BCUT2D eigenvalue weighted by Gasteiger charge is -2.05. The van der Waals surface area contributed by atoms with Gasteiger partial charge in [-0.1, -0.05) is 11.3 Å². The van der Waals surface area contributed by atoms with Gasteiger partial charge in [-0.3, -0.25) is 4.79 Å². The van der Waals surface area contributed by atoms with Crippen molar-refractivity contribution in [2.24, 2.45) is 0 Å². The number of hydrogen-bond acceptors (Lipinski definition) is 6. The van der Waals surface area contributed by atoms with Crippen molar-refractivity contribution >= 4 is 28.2 Å². The van der Waals surface area contributed by atoms with Crippen molar-refractivity contribution in [2.75, 3.05) is 24.1 Å². The van der Waals surface area contributed by atoms with E-state index in [9.17, 15) is 4.79 Å². The number of carbonyl (C=O) groups is 1. The summed E-state index contributed by atoms with van der Waals surface area (Å²) in [6, 6.07) is 0.984. The number of thiazole rings is 1. The zero-order valence-corrected chi connectivity index (χ0v) is 12.8. The molecule has 0 unspecified atom stereocenters. The molecule has 1 amide bonds. The van der Waals surface area contributed by atoms with Crippen molar-refractivity contribution in [1.29, 1.82) is 0 Å². The molecular weight excluding hydrogens is 274 g/mol. The first-order chi connectivity index (χ1) is 9.56. The molecule has 2 rings (SSSR count). The molecular formula is C13H23N5OS. The molecule has 7 heteroatoms. The number of nitrogen functional groups attached to an aromatic ring is 1. The molecule has 112 valence electrons. The van der Waals surface area contributed by atoms with Gasteiger partial charge in [-0.2, -0.15) is 0 Å². The third-order valence-electron chi connectivity index (χ3n) is 2.92. The predicted octanol–water partition coefficient (Wildman–Crippen LogP) is 1.42. The Morgan fingerprint density at radius 1 is 1.45 bits per heavy atom. The van der Waals surface area contributed by atoms with Crippen LogP contribution in [0.4, 0.5) is 10.9 Å². The number of amides is 1. The summed E-state index contributed by atoms with van der Waals surface area (Å²) in [6.45, 7) is 5.64. The molecule has 1 saturated carbocycles. The van der Waals surface area contributed by atoms with Crippen molar-refractivity contribution in [3.05, 3.63) is 4.88 Å². The summed E-state index contributed by atoms with van der Waals surface area (Å²) < 4.78 is 0. The maximum absolute atomic E-state index is 12.0. The number of nitrogens with zero attached hydrogens (tertiary/aromatic N) is 1. The number of nitrogens with one attached hydrogen (secondary N) is 3. The van der Waals surface area contributed by atoms with Crippen LogP contribution in [0.1, 0.15) is 42.8 Å². The molecule has 0 spiro atoms. The van der Waals surface area contributed by atoms with Crippen molar-refractivity contribution < 1.29 is 4.79 Å². The second kappa shape index (κ2) is 6.90. The summed E-state index contributed by atoms with van der Waals surface area (Å²) >= 11 is 1.30. The summed E-state index contributed by atoms with van der Waals surface area (Å²) in [5.41, 5.74) is 5.78. The van der Waals surface area contributed by atoms with Gasteiger partial charge in [0, 0.05) is 18.6 Å². The van der Waals surface area contributed by atoms with Crippen molar-refractivity contribution in [1.82, 2.24) is 15.6 Å². The number of rotatable bonds is 8. The lowest BCUT2D eigenvalue weighted by Crippen LogP contribution is -2.27. The van der Waals surface area contributed by atoms with E-state index in [-0.39, 0.29) is 11.9 Å². The summed E-state index contributed by atoms with van der Waals surface area (Å²) in [5.74, 6) is 0.162. The quantitative estimate of drug-likeness (QED) is 0.545. The smallest absolute Gasteiger partial charge is 0.265 e. The predicted molar refractivity (Wildman–Crippen MR) is 83.3 cm³/mol. The Bertz CT molecular complexity index is 456. The Morgan fingerprint density at radius 2 is 2.20 bits per heavy atom. The van der Waals surface area contributed by atoms with Crippen LogP contribution in [0.25, 0.3) is 0 Å². The molecule has 1 fully saturated rings. The zero-order valence-electron chi connectivity index (χ0n) is 12.0. The molecule has 1 aliphatic carbocycles. The Hall–Kier alpha value is -1.34. The minimum atomic E-state index is -0.136. The third kappa shape index (κ3) is 4.64. The average Bonchev–Trinajstić information content (AvgIpc) is 3.11. The van der Waals surface area contributed by atoms with Crippen molar-refractivity contribution in [3.8, 4) is 0 Å². The van der Waals surface area contributed by atoms with Gasteiger partial charge in [0.25, 0.3) is 5.91 Å². The van der Waals surface area contributed by atoms with Gasteiger partial charge in [0.1, 0.15) is 10.7 Å². The van der Waals surface area contributed by atoms with E-state index >= 15 is 0 Å². The molecule has 1 aliphatic rings. The highest BCUT2D eigenvalue weighted by Gasteiger charge is 2.19. The number of aromatic nitrogens is 1. The van der Waals surface area contributed by atoms with E-state index in [4.69, 9.17) is 5.73 Å². The van der Waals surface area contributed by atoms with Crippen LogP contribution in [0.3, 0.4) is 0 Å². The highest BCUT2D eigenvalue weighted by atomic mass is 32.1. The van der Waals surface area contributed by atoms with Crippen LogP contribution in [-0.4, -0.2) is 36.1 Å². The van der Waals surface area contributed by atoms with Gasteiger partial charge in [0.05, 0.1) is 0 Å². The minimum Gasteiger partial charge on any atom is -0.382 e. The first kappa shape index (κ1) is 15.1. The Labute approximate surface area is 123 Å². The molecule has 0 aliphatic heterocycles. The largest absolute Gasteiger partial charge is 0.382 e. The number of nitrogens with two attached hydrogens (primary N) is 1. The van der Waals surface area contributed by atoms with Crippen LogP contribution in [0, 0.1) is 0 Å². The van der Waals surface area contributed by atoms with Gasteiger partial charge < -0.3 is 21.7 Å². The topological polar surface area (TPSA) is 92.1 Å². The maximum atomic E-state index is 12.0. The summed E-state index contributed by atoms with van der Waals surface area (Å²) in [6.07, 6.45) is 3.50. The van der Waals surface area contributed by atoms with Crippen LogP contribution in [0.2, 0.25) is 0 Å². The molecule has 1 aromatic rings. The fourth-order valence-corrected chi connectivity index (χ4v) is 2.71. The average molecular weight is 297 g/mol. The van der Waals surface area contributed by atoms with Gasteiger partial charge >= 0.3 is 0 Å². The highest BCUT2D eigenvalue weighted by Crippen LogP contribution is 2.25. The van der Waals surface area contributed by atoms with Gasteiger partial charge in [0.15, 0.2) is 5.13 Å².